The molecule has 150 valence electrons. The molecular weight excluding hydrogens is 412 g/mol. The zero-order valence-electron chi connectivity index (χ0n) is 13.2. The van der Waals surface area contributed by atoms with E-state index in [9.17, 15) is 24.2 Å². The van der Waals surface area contributed by atoms with E-state index >= 15 is 0 Å². The summed E-state index contributed by atoms with van der Waals surface area (Å²) in [5.74, 6) is 0.0856. The van der Waals surface area contributed by atoms with Crippen molar-refractivity contribution in [2.45, 2.75) is 24.5 Å². The Labute approximate surface area is 150 Å². The van der Waals surface area contributed by atoms with Gasteiger partial charge >= 0.3 is 15.6 Å². The van der Waals surface area contributed by atoms with E-state index in [1.54, 1.807) is 0 Å². The number of hydrogen-bond donors (Lipinski definition) is 6. The lowest BCUT2D eigenvalue weighted by Crippen LogP contribution is -2.33. The number of phosphoric ester groups is 1. The van der Waals surface area contributed by atoms with Crippen molar-refractivity contribution < 1.29 is 47.6 Å². The molecule has 0 aromatic carbocycles. The number of rotatable bonds is 6. The molecule has 5 atom stereocenters. The minimum Gasteiger partial charge on any atom is -0.387 e. The second-order valence-corrected chi connectivity index (χ2v) is 8.30. The average Bonchev–Trinajstić information content (AvgIpc) is 3.07. The van der Waals surface area contributed by atoms with Crippen molar-refractivity contribution in [2.24, 2.45) is 0 Å². The molecule has 0 spiro atoms. The van der Waals surface area contributed by atoms with Gasteiger partial charge in [-0.15, -0.1) is 0 Å². The van der Waals surface area contributed by atoms with E-state index < -0.39 is 46.8 Å². The summed E-state index contributed by atoms with van der Waals surface area (Å²) < 4.78 is 36.8. The van der Waals surface area contributed by atoms with Crippen molar-refractivity contribution in [1.29, 1.82) is 0 Å². The van der Waals surface area contributed by atoms with Crippen molar-refractivity contribution in [3.8, 4) is 0 Å². The molecule has 0 saturated carbocycles. The summed E-state index contributed by atoms with van der Waals surface area (Å²) in [7, 11) is -10.4. The van der Waals surface area contributed by atoms with E-state index in [2.05, 4.69) is 23.8 Å². The van der Waals surface area contributed by atoms with Crippen LogP contribution in [-0.2, 0) is 22.7 Å². The normalized spacial score (nSPS) is 28.5. The highest BCUT2D eigenvalue weighted by Crippen LogP contribution is 2.57. The van der Waals surface area contributed by atoms with Gasteiger partial charge < -0.3 is 35.4 Å². The fraction of sp³-hybridized carbons (Fsp3) is 0.500. The second kappa shape index (κ2) is 7.14. The van der Waals surface area contributed by atoms with Crippen LogP contribution in [0.2, 0.25) is 0 Å². The van der Waals surface area contributed by atoms with Crippen LogP contribution in [0.3, 0.4) is 0 Å². The molecule has 1 aliphatic rings. The number of hydrogen-bond acceptors (Lipinski definition) is 11. The molecule has 3 heterocycles. The molecule has 27 heavy (non-hydrogen) atoms. The number of nitrogens with two attached hydrogens (primary N) is 1. The van der Waals surface area contributed by atoms with Gasteiger partial charge in [-0.05, 0) is 0 Å². The van der Waals surface area contributed by atoms with Crippen LogP contribution in [0, 0.1) is 0 Å². The molecule has 7 N–H and O–H groups in total. The first-order chi connectivity index (χ1) is 12.5. The zero-order chi connectivity index (χ0) is 20.0. The molecule has 0 amide bonds. The molecule has 0 aliphatic carbocycles. The topological polar surface area (TPSA) is 233 Å². The predicted molar refractivity (Wildman–Crippen MR) is 84.6 cm³/mol. The number of imidazole rings is 1. The Bertz CT molecular complexity index is 932. The second-order valence-electron chi connectivity index (χ2n) is 5.47. The van der Waals surface area contributed by atoms with Gasteiger partial charge in [-0.1, -0.05) is 0 Å². The van der Waals surface area contributed by atoms with Crippen molar-refractivity contribution in [3.05, 3.63) is 12.7 Å². The zero-order valence-corrected chi connectivity index (χ0v) is 15.0. The number of anilines is 1. The lowest BCUT2D eigenvalue weighted by molar-refractivity contribution is -0.0503. The van der Waals surface area contributed by atoms with E-state index in [4.69, 9.17) is 20.3 Å². The van der Waals surface area contributed by atoms with Crippen molar-refractivity contribution >= 4 is 32.6 Å². The largest absolute Gasteiger partial charge is 0.481 e. The SMILES string of the molecule is Nc1ncnc2c1ncn2[C@H]1O[C@@H](COP(=O)(O)OP(=O)(O)O)[C@H](O)[C@@H]1O. The maximum absolute atomic E-state index is 11.5. The lowest BCUT2D eigenvalue weighted by atomic mass is 10.1. The van der Waals surface area contributed by atoms with Gasteiger partial charge in [-0.2, -0.15) is 4.31 Å². The van der Waals surface area contributed by atoms with Crippen LogP contribution in [-0.4, -0.2) is 69.3 Å². The molecule has 1 saturated heterocycles. The first kappa shape index (κ1) is 20.2. The molecule has 2 aromatic heterocycles. The number of aliphatic hydroxyl groups is 2. The summed E-state index contributed by atoms with van der Waals surface area (Å²) >= 11 is 0. The Morgan fingerprint density at radius 2 is 1.89 bits per heavy atom. The van der Waals surface area contributed by atoms with Crippen LogP contribution in [0.4, 0.5) is 5.82 Å². The molecule has 1 fully saturated rings. The van der Waals surface area contributed by atoms with E-state index in [1.165, 1.54) is 10.9 Å². The number of aliphatic hydroxyl groups excluding tert-OH is 2. The molecule has 1 aliphatic heterocycles. The first-order valence-corrected chi connectivity index (χ1v) is 10.2. The fourth-order valence-electron chi connectivity index (χ4n) is 2.48. The smallest absolute Gasteiger partial charge is 0.387 e. The summed E-state index contributed by atoms with van der Waals surface area (Å²) in [6, 6.07) is 0. The van der Waals surface area contributed by atoms with Crippen LogP contribution in [0.25, 0.3) is 11.2 Å². The van der Waals surface area contributed by atoms with Crippen LogP contribution in [0.15, 0.2) is 12.7 Å². The third-order valence-electron chi connectivity index (χ3n) is 3.61. The molecule has 3 rings (SSSR count). The van der Waals surface area contributed by atoms with E-state index in [-0.39, 0.29) is 17.0 Å². The Kier molecular flexibility index (Phi) is 5.35. The minimum atomic E-state index is -5.29. The van der Waals surface area contributed by atoms with Gasteiger partial charge in [-0.25, -0.2) is 24.1 Å². The predicted octanol–water partition coefficient (Wildman–Crippen LogP) is -1.75. The monoisotopic (exact) mass is 427 g/mol. The van der Waals surface area contributed by atoms with E-state index in [1.807, 2.05) is 0 Å². The van der Waals surface area contributed by atoms with Crippen molar-refractivity contribution in [3.63, 3.8) is 0 Å². The van der Waals surface area contributed by atoms with Gasteiger partial charge in [0.2, 0.25) is 0 Å². The average molecular weight is 427 g/mol. The number of nitrogens with zero attached hydrogens (tertiary/aromatic N) is 4. The van der Waals surface area contributed by atoms with Crippen molar-refractivity contribution in [2.75, 3.05) is 12.3 Å². The standard InChI is InChI=1S/C10H15N5O10P2/c11-8-5-9(13-2-12-8)15(3-14-5)10-7(17)6(16)4(24-10)1-23-27(21,22)25-26(18,19)20/h2-4,6-7,10,16-17H,1H2,(H,21,22)(H2,11,12,13)(H2,18,19,20)/t4-,6-,7-,10-/m0/s1. The summed E-state index contributed by atoms with van der Waals surface area (Å²) in [4.78, 5) is 38.1. The quantitative estimate of drug-likeness (QED) is 0.281. The molecule has 0 bridgehead atoms. The highest BCUT2D eigenvalue weighted by atomic mass is 31.3. The number of aromatic nitrogens is 4. The molecule has 17 heteroatoms. The van der Waals surface area contributed by atoms with Gasteiger partial charge in [0, 0.05) is 0 Å². The summed E-state index contributed by atoms with van der Waals surface area (Å²) in [6.07, 6.45) is -3.20. The fourth-order valence-corrected chi connectivity index (χ4v) is 4.08. The van der Waals surface area contributed by atoms with Gasteiger partial charge in [0.25, 0.3) is 0 Å². The third kappa shape index (κ3) is 4.33. The number of ether oxygens (including phenoxy) is 1. The minimum absolute atomic E-state index is 0.0856. The number of phosphoric acid groups is 2. The highest BCUT2D eigenvalue weighted by molar-refractivity contribution is 7.60. The molecule has 15 nitrogen and oxygen atoms in total. The molecule has 1 unspecified atom stereocenters. The van der Waals surface area contributed by atoms with E-state index in [0.29, 0.717) is 0 Å². The number of fused-ring (bicyclic) bond motifs is 1. The first-order valence-electron chi connectivity index (χ1n) is 7.17. The van der Waals surface area contributed by atoms with E-state index in [0.717, 1.165) is 6.33 Å². The molecule has 2 aromatic rings. The summed E-state index contributed by atoms with van der Waals surface area (Å²) in [5.41, 5.74) is 6.11. The van der Waals surface area contributed by atoms with Crippen LogP contribution in [0.5, 0.6) is 0 Å². The summed E-state index contributed by atoms with van der Waals surface area (Å²) in [6.45, 7) is -0.813. The van der Waals surface area contributed by atoms with Gasteiger partial charge in [0.1, 0.15) is 30.2 Å². The highest BCUT2D eigenvalue weighted by Gasteiger charge is 2.46. The number of nitrogen functional groups attached to an aromatic ring is 1. The van der Waals surface area contributed by atoms with Gasteiger partial charge in [0.05, 0.1) is 12.9 Å². The lowest BCUT2D eigenvalue weighted by Gasteiger charge is -2.17. The van der Waals surface area contributed by atoms with Crippen LogP contribution < -0.4 is 5.73 Å². The third-order valence-corrected chi connectivity index (χ3v) is 5.76. The maximum Gasteiger partial charge on any atom is 0.481 e. The van der Waals surface area contributed by atoms with Crippen LogP contribution >= 0.6 is 15.6 Å². The molecule has 0 radical (unpaired) electrons. The van der Waals surface area contributed by atoms with Gasteiger partial charge in [0.15, 0.2) is 17.7 Å². The Morgan fingerprint density at radius 1 is 1.19 bits per heavy atom. The molecular formula is C10H15N5O10P2. The Hall–Kier alpha value is -1.51. The van der Waals surface area contributed by atoms with Crippen LogP contribution in [0.1, 0.15) is 6.23 Å². The maximum atomic E-state index is 11.5. The van der Waals surface area contributed by atoms with Gasteiger partial charge in [-0.3, -0.25) is 9.09 Å². The van der Waals surface area contributed by atoms with Crippen molar-refractivity contribution in [1.82, 2.24) is 19.5 Å². The summed E-state index contributed by atoms with van der Waals surface area (Å²) in [5, 5.41) is 20.3. The Morgan fingerprint density at radius 3 is 2.56 bits per heavy atom. The Balaban J connectivity index is 1.75.